The summed E-state index contributed by atoms with van der Waals surface area (Å²) < 4.78 is 0. The van der Waals surface area contributed by atoms with Gasteiger partial charge in [-0.1, -0.05) is 24.3 Å². The number of hydrogen-bond donors (Lipinski definition) is 3. The molecule has 0 aliphatic rings. The van der Waals surface area contributed by atoms with E-state index in [1.165, 1.54) is 0 Å². The van der Waals surface area contributed by atoms with E-state index in [-0.39, 0.29) is 30.7 Å². The molecule has 1 amide bonds. The summed E-state index contributed by atoms with van der Waals surface area (Å²) in [6.07, 6.45) is 7.15. The van der Waals surface area contributed by atoms with Gasteiger partial charge in [0.2, 0.25) is 0 Å². The monoisotopic (exact) mass is 430 g/mol. The van der Waals surface area contributed by atoms with Crippen molar-refractivity contribution in [2.75, 3.05) is 0 Å². The van der Waals surface area contributed by atoms with Crippen LogP contribution in [0.3, 0.4) is 0 Å². The van der Waals surface area contributed by atoms with Crippen LogP contribution in [0.1, 0.15) is 11.1 Å². The van der Waals surface area contributed by atoms with Crippen molar-refractivity contribution in [3.8, 4) is 0 Å². The number of nitrogens with zero attached hydrogens (tertiary/aromatic N) is 3. The van der Waals surface area contributed by atoms with E-state index >= 15 is 0 Å². The zero-order valence-electron chi connectivity index (χ0n) is 15.3. The molecule has 2 aromatic carbocycles. The summed E-state index contributed by atoms with van der Waals surface area (Å²) in [6, 6.07) is 12.8. The van der Waals surface area contributed by atoms with Crippen LogP contribution in [-0.2, 0) is 11.2 Å². The number of hydrogen-bond acceptors (Lipinski definition) is 5. The van der Waals surface area contributed by atoms with Crippen LogP contribution in [0.5, 0.6) is 0 Å². The Bertz CT molecular complexity index is 1140. The van der Waals surface area contributed by atoms with Crippen LogP contribution < -0.4 is 11.2 Å². The highest BCUT2D eigenvalue weighted by Gasteiger charge is 2.15. The van der Waals surface area contributed by atoms with Gasteiger partial charge in [0.1, 0.15) is 0 Å². The number of aromatic nitrogens is 3. The average Bonchev–Trinajstić information content (AvgIpc) is 3.11. The number of carbonyl (C=O) groups excluding carboxylic acids is 1. The molecule has 0 fully saturated rings. The van der Waals surface area contributed by atoms with E-state index in [2.05, 4.69) is 25.5 Å². The van der Waals surface area contributed by atoms with E-state index in [4.69, 9.17) is 5.73 Å². The second-order valence-corrected chi connectivity index (χ2v) is 6.21. The lowest BCUT2D eigenvalue weighted by Gasteiger charge is -2.09. The van der Waals surface area contributed by atoms with Crippen molar-refractivity contribution in [3.63, 3.8) is 0 Å². The molecular weight excluding hydrogens is 411 g/mol. The van der Waals surface area contributed by atoms with E-state index in [0.29, 0.717) is 6.42 Å². The summed E-state index contributed by atoms with van der Waals surface area (Å²) in [4.78, 5) is 23.9. The van der Waals surface area contributed by atoms with Crippen molar-refractivity contribution >= 4 is 58.9 Å². The summed E-state index contributed by atoms with van der Waals surface area (Å²) >= 11 is 0. The molecule has 2 aromatic heterocycles. The SMILES string of the molecule is Cl.Cl.N[C@H](Cc1c[nH]c2ccccc12)C(=O)N/N=C/c1ccc2nccnc2c1. The molecule has 4 aromatic rings. The van der Waals surface area contributed by atoms with Crippen molar-refractivity contribution in [2.45, 2.75) is 12.5 Å². The van der Waals surface area contributed by atoms with Crippen LogP contribution in [-0.4, -0.2) is 33.1 Å². The normalized spacial score (nSPS) is 11.8. The Kier molecular flexibility index (Phi) is 7.67. The first-order valence-corrected chi connectivity index (χ1v) is 8.55. The van der Waals surface area contributed by atoms with Gasteiger partial charge in [0.05, 0.1) is 23.3 Å². The molecule has 0 unspecified atom stereocenters. The van der Waals surface area contributed by atoms with E-state index in [1.807, 2.05) is 48.7 Å². The third kappa shape index (κ3) is 5.08. The third-order valence-corrected chi connectivity index (χ3v) is 4.33. The smallest absolute Gasteiger partial charge is 0.257 e. The Morgan fingerprint density at radius 1 is 1.14 bits per heavy atom. The molecule has 9 heteroatoms. The summed E-state index contributed by atoms with van der Waals surface area (Å²) in [5.74, 6) is -0.336. The van der Waals surface area contributed by atoms with Crippen molar-refractivity contribution in [2.24, 2.45) is 10.8 Å². The zero-order chi connectivity index (χ0) is 18.6. The first-order chi connectivity index (χ1) is 13.2. The highest BCUT2D eigenvalue weighted by Crippen LogP contribution is 2.18. The summed E-state index contributed by atoms with van der Waals surface area (Å²) in [5.41, 5.74) is 13.0. The van der Waals surface area contributed by atoms with Crippen LogP contribution in [0.4, 0.5) is 0 Å². The number of nitrogens with two attached hydrogens (primary N) is 1. The number of rotatable bonds is 5. The maximum atomic E-state index is 12.2. The minimum Gasteiger partial charge on any atom is -0.361 e. The Balaban J connectivity index is 0.00000150. The van der Waals surface area contributed by atoms with Gasteiger partial charge in [-0.15, -0.1) is 24.8 Å². The van der Waals surface area contributed by atoms with Crippen LogP contribution in [0.15, 0.2) is 66.2 Å². The minimum atomic E-state index is -0.691. The van der Waals surface area contributed by atoms with Gasteiger partial charge in [-0.05, 0) is 35.7 Å². The minimum absolute atomic E-state index is 0. The quantitative estimate of drug-likeness (QED) is 0.333. The molecular formula is C20H20Cl2N6O. The van der Waals surface area contributed by atoms with Crippen molar-refractivity contribution < 1.29 is 4.79 Å². The first kappa shape index (κ1) is 22.3. The van der Waals surface area contributed by atoms with Crippen LogP contribution in [0, 0.1) is 0 Å². The van der Waals surface area contributed by atoms with Gasteiger partial charge in [-0.3, -0.25) is 14.8 Å². The van der Waals surface area contributed by atoms with Crippen LogP contribution >= 0.6 is 24.8 Å². The van der Waals surface area contributed by atoms with Crippen LogP contribution in [0.2, 0.25) is 0 Å². The molecule has 0 saturated carbocycles. The van der Waals surface area contributed by atoms with Crippen molar-refractivity contribution in [1.29, 1.82) is 0 Å². The zero-order valence-corrected chi connectivity index (χ0v) is 16.9. The molecule has 7 nitrogen and oxygen atoms in total. The van der Waals surface area contributed by atoms with Gasteiger partial charge in [0, 0.05) is 29.5 Å². The predicted octanol–water partition coefficient (Wildman–Crippen LogP) is 2.97. The number of H-pyrrole nitrogens is 1. The lowest BCUT2D eigenvalue weighted by Crippen LogP contribution is -2.39. The molecule has 0 aliphatic carbocycles. The number of hydrazone groups is 1. The van der Waals surface area contributed by atoms with Crippen molar-refractivity contribution in [1.82, 2.24) is 20.4 Å². The van der Waals surface area contributed by atoms with E-state index in [9.17, 15) is 4.79 Å². The lowest BCUT2D eigenvalue weighted by atomic mass is 10.1. The summed E-state index contributed by atoms with van der Waals surface area (Å²) in [6.45, 7) is 0. The molecule has 4 N–H and O–H groups in total. The largest absolute Gasteiger partial charge is 0.361 e. The molecule has 2 heterocycles. The van der Waals surface area contributed by atoms with E-state index in [1.54, 1.807) is 18.6 Å². The van der Waals surface area contributed by atoms with Crippen LogP contribution in [0.25, 0.3) is 21.9 Å². The van der Waals surface area contributed by atoms with Gasteiger partial charge < -0.3 is 10.7 Å². The number of para-hydroxylation sites is 1. The Hall–Kier alpha value is -3.00. The molecule has 0 radical (unpaired) electrons. The number of carbonyl (C=O) groups is 1. The maximum absolute atomic E-state index is 12.2. The second-order valence-electron chi connectivity index (χ2n) is 6.21. The Labute approximate surface area is 179 Å². The van der Waals surface area contributed by atoms with Gasteiger partial charge in [-0.25, -0.2) is 5.43 Å². The maximum Gasteiger partial charge on any atom is 0.257 e. The predicted molar refractivity (Wildman–Crippen MR) is 120 cm³/mol. The Morgan fingerprint density at radius 2 is 1.90 bits per heavy atom. The number of amides is 1. The lowest BCUT2D eigenvalue weighted by molar-refractivity contribution is -0.122. The highest BCUT2D eigenvalue weighted by molar-refractivity contribution is 5.89. The standard InChI is InChI=1S/C20H18N6O.2ClH/c21-16(10-14-12-24-17-4-2-1-3-15(14)17)20(27)26-25-11-13-5-6-18-19(9-13)23-8-7-22-18;;/h1-9,11-12,16,24H,10,21H2,(H,26,27);2*1H/b25-11+;;/t16-;;/m1../s1. The van der Waals surface area contributed by atoms with Gasteiger partial charge in [0.25, 0.3) is 5.91 Å². The topological polar surface area (TPSA) is 109 Å². The molecule has 1 atom stereocenters. The molecule has 0 aliphatic heterocycles. The average molecular weight is 431 g/mol. The van der Waals surface area contributed by atoms with Gasteiger partial charge in [0.15, 0.2) is 0 Å². The molecule has 150 valence electrons. The molecule has 4 rings (SSSR count). The fourth-order valence-corrected chi connectivity index (χ4v) is 2.94. The second kappa shape index (κ2) is 9.97. The number of benzene rings is 2. The Morgan fingerprint density at radius 3 is 2.72 bits per heavy atom. The summed E-state index contributed by atoms with van der Waals surface area (Å²) in [5, 5.41) is 5.07. The van der Waals surface area contributed by atoms with E-state index < -0.39 is 6.04 Å². The van der Waals surface area contributed by atoms with Gasteiger partial charge in [-0.2, -0.15) is 5.10 Å². The highest BCUT2D eigenvalue weighted by atomic mass is 35.5. The number of aromatic amines is 1. The fourth-order valence-electron chi connectivity index (χ4n) is 2.94. The van der Waals surface area contributed by atoms with Crippen molar-refractivity contribution in [3.05, 3.63) is 72.2 Å². The molecule has 29 heavy (non-hydrogen) atoms. The number of halogens is 2. The number of nitrogens with one attached hydrogen (secondary N) is 2. The molecule has 0 saturated heterocycles. The summed E-state index contributed by atoms with van der Waals surface area (Å²) in [7, 11) is 0. The fraction of sp³-hybridized carbons (Fsp3) is 0.100. The first-order valence-electron chi connectivity index (χ1n) is 8.55. The van der Waals surface area contributed by atoms with Gasteiger partial charge >= 0.3 is 0 Å². The van der Waals surface area contributed by atoms with E-state index in [0.717, 1.165) is 33.1 Å². The molecule has 0 spiro atoms. The third-order valence-electron chi connectivity index (χ3n) is 4.33. The number of fused-ring (bicyclic) bond motifs is 2. The molecule has 0 bridgehead atoms.